The van der Waals surface area contributed by atoms with E-state index in [0.29, 0.717) is 11.5 Å². The first kappa shape index (κ1) is 14.4. The third kappa shape index (κ3) is 3.13. The van der Waals surface area contributed by atoms with Crippen LogP contribution in [0.1, 0.15) is 11.1 Å². The Morgan fingerprint density at radius 1 is 1.25 bits per heavy atom. The molecule has 7 nitrogen and oxygen atoms in total. The van der Waals surface area contributed by atoms with E-state index in [1.165, 1.54) is 10.9 Å². The smallest absolute Gasteiger partial charge is 0.182 e. The van der Waals surface area contributed by atoms with E-state index >= 15 is 0 Å². The van der Waals surface area contributed by atoms with Crippen LogP contribution in [0.15, 0.2) is 12.1 Å². The SMILES string of the molecule is Cc1cc(C)c(-c2nnnn2CCS(C)(=O)=O)cc1N. The van der Waals surface area contributed by atoms with Crippen molar-refractivity contribution in [2.24, 2.45) is 0 Å². The molecule has 2 aromatic rings. The Kier molecular flexibility index (Phi) is 3.76. The Bertz CT molecular complexity index is 736. The van der Waals surface area contributed by atoms with Gasteiger partial charge in [-0.05, 0) is 41.5 Å². The summed E-state index contributed by atoms with van der Waals surface area (Å²) < 4.78 is 24.0. The molecule has 0 atom stereocenters. The van der Waals surface area contributed by atoms with Gasteiger partial charge in [0.15, 0.2) is 5.82 Å². The lowest BCUT2D eigenvalue weighted by molar-refractivity contribution is 0.581. The molecule has 0 spiro atoms. The standard InChI is InChI=1S/C12H17N5O2S/c1-8-6-9(2)11(13)7-10(8)12-14-15-16-17(12)4-5-20(3,18)19/h6-7H,4-5,13H2,1-3H3. The third-order valence-electron chi connectivity index (χ3n) is 3.06. The molecular formula is C12H17N5O2S. The molecule has 1 aromatic carbocycles. The van der Waals surface area contributed by atoms with Crippen LogP contribution in [-0.2, 0) is 16.4 Å². The average molecular weight is 295 g/mol. The zero-order chi connectivity index (χ0) is 14.9. The van der Waals surface area contributed by atoms with Crippen LogP contribution in [0.5, 0.6) is 0 Å². The Morgan fingerprint density at radius 3 is 2.60 bits per heavy atom. The molecule has 2 N–H and O–H groups in total. The van der Waals surface area contributed by atoms with Gasteiger partial charge in [0, 0.05) is 17.5 Å². The first-order chi connectivity index (χ1) is 9.28. The van der Waals surface area contributed by atoms with E-state index in [1.54, 1.807) is 0 Å². The second-order valence-electron chi connectivity index (χ2n) is 4.88. The van der Waals surface area contributed by atoms with Crippen LogP contribution < -0.4 is 5.73 Å². The Labute approximate surface area is 117 Å². The zero-order valence-electron chi connectivity index (χ0n) is 11.7. The Balaban J connectivity index is 2.40. The summed E-state index contributed by atoms with van der Waals surface area (Å²) in [5, 5.41) is 11.4. The van der Waals surface area contributed by atoms with Gasteiger partial charge in [-0.25, -0.2) is 13.1 Å². The van der Waals surface area contributed by atoms with Crippen molar-refractivity contribution in [3.63, 3.8) is 0 Å². The summed E-state index contributed by atoms with van der Waals surface area (Å²) in [6.45, 7) is 4.09. The third-order valence-corrected chi connectivity index (χ3v) is 3.98. The molecule has 0 aliphatic rings. The molecule has 0 aliphatic carbocycles. The van der Waals surface area contributed by atoms with Gasteiger partial charge >= 0.3 is 0 Å². The highest BCUT2D eigenvalue weighted by Gasteiger charge is 2.14. The molecule has 0 saturated heterocycles. The minimum Gasteiger partial charge on any atom is -0.398 e. The lowest BCUT2D eigenvalue weighted by atomic mass is 10.0. The number of aryl methyl sites for hydroxylation is 3. The zero-order valence-corrected chi connectivity index (χ0v) is 12.5. The normalized spacial score (nSPS) is 11.8. The highest BCUT2D eigenvalue weighted by molar-refractivity contribution is 7.90. The van der Waals surface area contributed by atoms with Crippen LogP contribution in [0.3, 0.4) is 0 Å². The number of aromatic nitrogens is 4. The summed E-state index contributed by atoms with van der Waals surface area (Å²) in [5.41, 5.74) is 9.36. The maximum atomic E-state index is 11.2. The number of anilines is 1. The van der Waals surface area contributed by atoms with Gasteiger partial charge in [-0.1, -0.05) is 6.07 Å². The molecule has 108 valence electrons. The maximum Gasteiger partial charge on any atom is 0.182 e. The molecule has 0 amide bonds. The topological polar surface area (TPSA) is 104 Å². The van der Waals surface area contributed by atoms with Crippen LogP contribution in [-0.4, -0.2) is 40.6 Å². The number of hydrogen-bond donors (Lipinski definition) is 1. The van der Waals surface area contributed by atoms with Gasteiger partial charge in [-0.15, -0.1) is 5.10 Å². The van der Waals surface area contributed by atoms with Crippen molar-refractivity contribution in [1.82, 2.24) is 20.2 Å². The molecule has 0 radical (unpaired) electrons. The lowest BCUT2D eigenvalue weighted by Gasteiger charge is -2.09. The van der Waals surface area contributed by atoms with Crippen LogP contribution >= 0.6 is 0 Å². The summed E-state index contributed by atoms with van der Waals surface area (Å²) in [5.74, 6) is 0.517. The van der Waals surface area contributed by atoms with Gasteiger partial charge < -0.3 is 5.73 Å². The largest absolute Gasteiger partial charge is 0.398 e. The Hall–Kier alpha value is -1.96. The number of nitrogens with zero attached hydrogens (tertiary/aromatic N) is 4. The fraction of sp³-hybridized carbons (Fsp3) is 0.417. The first-order valence-corrected chi connectivity index (χ1v) is 8.15. The van der Waals surface area contributed by atoms with Crippen LogP contribution in [0.4, 0.5) is 5.69 Å². The first-order valence-electron chi connectivity index (χ1n) is 6.09. The minimum absolute atomic E-state index is 0.00850. The number of rotatable bonds is 4. The summed E-state index contributed by atoms with van der Waals surface area (Å²) >= 11 is 0. The van der Waals surface area contributed by atoms with E-state index in [-0.39, 0.29) is 12.3 Å². The van der Waals surface area contributed by atoms with Gasteiger partial charge in [-0.3, -0.25) is 0 Å². The quantitative estimate of drug-likeness (QED) is 0.828. The van der Waals surface area contributed by atoms with Crippen molar-refractivity contribution in [3.8, 4) is 11.4 Å². The number of nitrogen functional groups attached to an aromatic ring is 1. The average Bonchev–Trinajstić information content (AvgIpc) is 2.78. The van der Waals surface area contributed by atoms with Gasteiger partial charge in [0.05, 0.1) is 12.3 Å². The van der Waals surface area contributed by atoms with E-state index in [9.17, 15) is 8.42 Å². The van der Waals surface area contributed by atoms with Gasteiger partial charge in [0.2, 0.25) is 0 Å². The highest BCUT2D eigenvalue weighted by atomic mass is 32.2. The summed E-state index contributed by atoms with van der Waals surface area (Å²) in [6.07, 6.45) is 1.19. The predicted octanol–water partition coefficient (Wildman–Crippen LogP) is 0.584. The molecule has 8 heteroatoms. The maximum absolute atomic E-state index is 11.2. The van der Waals surface area contributed by atoms with Crippen molar-refractivity contribution < 1.29 is 8.42 Å². The van der Waals surface area contributed by atoms with Gasteiger partial charge in [-0.2, -0.15) is 0 Å². The monoisotopic (exact) mass is 295 g/mol. The van der Waals surface area contributed by atoms with Crippen LogP contribution in [0.25, 0.3) is 11.4 Å². The van der Waals surface area contributed by atoms with Crippen molar-refractivity contribution >= 4 is 15.5 Å². The van der Waals surface area contributed by atoms with Gasteiger partial charge in [0.25, 0.3) is 0 Å². The number of nitrogens with two attached hydrogens (primary N) is 1. The second-order valence-corrected chi connectivity index (χ2v) is 7.14. The molecule has 2 rings (SSSR count). The molecule has 1 aromatic heterocycles. The van der Waals surface area contributed by atoms with E-state index in [0.717, 1.165) is 16.7 Å². The predicted molar refractivity (Wildman–Crippen MR) is 76.9 cm³/mol. The van der Waals surface area contributed by atoms with Crippen LogP contribution in [0, 0.1) is 13.8 Å². The number of sulfone groups is 1. The molecule has 0 fully saturated rings. The summed E-state index contributed by atoms with van der Waals surface area (Å²) in [6, 6.07) is 3.77. The van der Waals surface area contributed by atoms with Crippen LogP contribution in [0.2, 0.25) is 0 Å². The van der Waals surface area contributed by atoms with E-state index in [2.05, 4.69) is 15.5 Å². The molecule has 0 aliphatic heterocycles. The fourth-order valence-corrected chi connectivity index (χ4v) is 2.41. The van der Waals surface area contributed by atoms with E-state index in [4.69, 9.17) is 5.73 Å². The summed E-state index contributed by atoms with van der Waals surface area (Å²) in [7, 11) is -3.07. The molecule has 0 bridgehead atoms. The molecular weight excluding hydrogens is 278 g/mol. The number of tetrazole rings is 1. The molecule has 1 heterocycles. The second kappa shape index (κ2) is 5.20. The molecule has 0 unspecified atom stereocenters. The van der Waals surface area contributed by atoms with Crippen molar-refractivity contribution in [3.05, 3.63) is 23.3 Å². The van der Waals surface area contributed by atoms with Gasteiger partial charge in [0.1, 0.15) is 9.84 Å². The minimum atomic E-state index is -3.07. The lowest BCUT2D eigenvalue weighted by Crippen LogP contribution is -2.13. The van der Waals surface area contributed by atoms with Crippen molar-refractivity contribution in [2.75, 3.05) is 17.7 Å². The van der Waals surface area contributed by atoms with Crippen molar-refractivity contribution in [2.45, 2.75) is 20.4 Å². The molecule has 20 heavy (non-hydrogen) atoms. The highest BCUT2D eigenvalue weighted by Crippen LogP contribution is 2.25. The van der Waals surface area contributed by atoms with Crippen molar-refractivity contribution in [1.29, 1.82) is 0 Å². The Morgan fingerprint density at radius 2 is 1.95 bits per heavy atom. The summed E-state index contributed by atoms with van der Waals surface area (Å²) in [4.78, 5) is 0. The number of hydrogen-bond acceptors (Lipinski definition) is 6. The number of benzene rings is 1. The van der Waals surface area contributed by atoms with E-state index in [1.807, 2.05) is 26.0 Å². The fourth-order valence-electron chi connectivity index (χ4n) is 1.91. The molecule has 0 saturated carbocycles. The van der Waals surface area contributed by atoms with E-state index < -0.39 is 9.84 Å².